The van der Waals surface area contributed by atoms with Crippen LogP contribution in [0.15, 0.2) is 42.5 Å². The van der Waals surface area contributed by atoms with E-state index in [1.54, 1.807) is 6.07 Å². The molecule has 8 heteroatoms. The summed E-state index contributed by atoms with van der Waals surface area (Å²) in [5.41, 5.74) is 2.53. The van der Waals surface area contributed by atoms with Gasteiger partial charge in [-0.2, -0.15) is 13.2 Å². The number of nitrogens with one attached hydrogen (secondary N) is 1. The molecule has 0 bridgehead atoms. The van der Waals surface area contributed by atoms with E-state index in [0.717, 1.165) is 28.2 Å². The number of aryl methyl sites for hydroxylation is 2. The number of carbonyl (C=O) groups is 1. The number of alkyl halides is 3. The molecule has 2 heterocycles. The minimum absolute atomic E-state index is 0.106. The van der Waals surface area contributed by atoms with Crippen molar-refractivity contribution in [3.8, 4) is 0 Å². The van der Waals surface area contributed by atoms with Crippen LogP contribution < -0.4 is 10.2 Å². The van der Waals surface area contributed by atoms with Crippen LogP contribution in [0.4, 0.5) is 19.1 Å². The molecule has 3 aromatic rings. The highest BCUT2D eigenvalue weighted by Crippen LogP contribution is 2.32. The van der Waals surface area contributed by atoms with Gasteiger partial charge in [0.05, 0.1) is 16.8 Å². The summed E-state index contributed by atoms with van der Waals surface area (Å²) in [7, 11) is 0. The first-order valence-electron chi connectivity index (χ1n) is 11.1. The van der Waals surface area contributed by atoms with E-state index in [0.29, 0.717) is 31.9 Å². The molecule has 2 aromatic carbocycles. The van der Waals surface area contributed by atoms with E-state index in [1.165, 1.54) is 12.1 Å². The molecule has 0 aliphatic carbocycles. The fraction of sp³-hybridized carbons (Fsp3) is 0.400. The maximum atomic E-state index is 13.1. The van der Waals surface area contributed by atoms with Crippen molar-refractivity contribution >= 4 is 22.8 Å². The first-order valence-corrected chi connectivity index (χ1v) is 11.1. The number of aromatic nitrogens is 2. The summed E-state index contributed by atoms with van der Waals surface area (Å²) in [6.45, 7) is 5.50. The van der Waals surface area contributed by atoms with Crippen molar-refractivity contribution in [3.05, 3.63) is 64.8 Å². The highest BCUT2D eigenvalue weighted by atomic mass is 19.4. The topological polar surface area (TPSA) is 58.1 Å². The minimum atomic E-state index is -4.39. The van der Waals surface area contributed by atoms with E-state index < -0.39 is 11.7 Å². The summed E-state index contributed by atoms with van der Waals surface area (Å²) < 4.78 is 39.4. The molecular weight excluding hydrogens is 429 g/mol. The normalized spacial score (nSPS) is 15.1. The Bertz CT molecular complexity index is 1150. The quantitative estimate of drug-likeness (QED) is 0.597. The van der Waals surface area contributed by atoms with Gasteiger partial charge in [-0.1, -0.05) is 30.3 Å². The van der Waals surface area contributed by atoms with Gasteiger partial charge in [-0.25, -0.2) is 9.97 Å². The number of carbonyl (C=O) groups excluding carboxylic acids is 1. The Labute approximate surface area is 191 Å². The van der Waals surface area contributed by atoms with E-state index in [9.17, 15) is 18.0 Å². The standard InChI is InChI=1S/C25H27F3N4O/c1-16-7-8-20-17(2)30-24(31-22(20)15-16)32-13-10-19(11-14-32)23(33)29-12-9-18-5-3-4-6-21(18)25(26,27)28/h3-8,15,19H,9-14H2,1-2H3,(H,29,33). The number of piperidine rings is 1. The summed E-state index contributed by atoms with van der Waals surface area (Å²) >= 11 is 0. The molecule has 1 aliphatic heterocycles. The maximum Gasteiger partial charge on any atom is 0.416 e. The van der Waals surface area contributed by atoms with Crippen LogP contribution >= 0.6 is 0 Å². The van der Waals surface area contributed by atoms with Gasteiger partial charge in [-0.15, -0.1) is 0 Å². The third-order valence-electron chi connectivity index (χ3n) is 6.20. The molecule has 0 saturated carbocycles. The highest BCUT2D eigenvalue weighted by molar-refractivity contribution is 5.82. The second kappa shape index (κ2) is 9.37. The first kappa shape index (κ1) is 23.0. The maximum absolute atomic E-state index is 13.1. The van der Waals surface area contributed by atoms with Crippen LogP contribution in [0.25, 0.3) is 10.9 Å². The van der Waals surface area contributed by atoms with E-state index in [2.05, 4.69) is 15.2 Å². The molecule has 1 fully saturated rings. The van der Waals surface area contributed by atoms with Crippen molar-refractivity contribution in [2.24, 2.45) is 5.92 Å². The lowest BCUT2D eigenvalue weighted by molar-refractivity contribution is -0.138. The number of halogens is 3. The Morgan fingerprint density at radius 1 is 1.09 bits per heavy atom. The Morgan fingerprint density at radius 3 is 2.55 bits per heavy atom. The highest BCUT2D eigenvalue weighted by Gasteiger charge is 2.33. The van der Waals surface area contributed by atoms with E-state index in [-0.39, 0.29) is 30.4 Å². The molecule has 0 atom stereocenters. The molecule has 1 saturated heterocycles. The van der Waals surface area contributed by atoms with Gasteiger partial charge in [0.25, 0.3) is 0 Å². The number of nitrogens with zero attached hydrogens (tertiary/aromatic N) is 3. The van der Waals surface area contributed by atoms with Crippen molar-refractivity contribution in [1.82, 2.24) is 15.3 Å². The zero-order valence-corrected chi connectivity index (χ0v) is 18.7. The Hall–Kier alpha value is -3.16. The summed E-state index contributed by atoms with van der Waals surface area (Å²) in [4.78, 5) is 24.1. The van der Waals surface area contributed by atoms with Crippen LogP contribution in [0.1, 0.15) is 35.2 Å². The summed E-state index contributed by atoms with van der Waals surface area (Å²) in [6.07, 6.45) is -2.95. The molecule has 0 spiro atoms. The van der Waals surface area contributed by atoms with Crippen molar-refractivity contribution < 1.29 is 18.0 Å². The SMILES string of the molecule is Cc1ccc2c(C)nc(N3CCC(C(=O)NCCc4ccccc4C(F)(F)F)CC3)nc2c1. The predicted molar refractivity (Wildman–Crippen MR) is 122 cm³/mol. The van der Waals surface area contributed by atoms with Gasteiger partial charge in [0.2, 0.25) is 11.9 Å². The molecule has 1 aromatic heterocycles. The molecule has 0 unspecified atom stereocenters. The summed E-state index contributed by atoms with van der Waals surface area (Å²) in [6, 6.07) is 11.6. The second-order valence-corrected chi connectivity index (χ2v) is 8.59. The van der Waals surface area contributed by atoms with Crippen LogP contribution in [0.5, 0.6) is 0 Å². The molecule has 4 rings (SSSR count). The van der Waals surface area contributed by atoms with Crippen LogP contribution in [-0.2, 0) is 17.4 Å². The Morgan fingerprint density at radius 2 is 1.82 bits per heavy atom. The van der Waals surface area contributed by atoms with Gasteiger partial charge >= 0.3 is 6.18 Å². The smallest absolute Gasteiger partial charge is 0.356 e. The van der Waals surface area contributed by atoms with Crippen molar-refractivity contribution in [3.63, 3.8) is 0 Å². The molecule has 0 radical (unpaired) electrons. The lowest BCUT2D eigenvalue weighted by atomic mass is 9.96. The Kier molecular flexibility index (Phi) is 6.54. The number of hydrogen-bond donors (Lipinski definition) is 1. The zero-order chi connectivity index (χ0) is 23.6. The summed E-state index contributed by atoms with van der Waals surface area (Å²) in [5, 5.41) is 3.85. The van der Waals surface area contributed by atoms with E-state index in [4.69, 9.17) is 4.98 Å². The zero-order valence-electron chi connectivity index (χ0n) is 18.7. The number of rotatable bonds is 5. The van der Waals surface area contributed by atoms with Crippen molar-refractivity contribution in [1.29, 1.82) is 0 Å². The molecular formula is C25H27F3N4O. The molecule has 1 N–H and O–H groups in total. The fourth-order valence-corrected chi connectivity index (χ4v) is 4.35. The number of benzene rings is 2. The number of amides is 1. The van der Waals surface area contributed by atoms with Crippen molar-refractivity contribution in [2.45, 2.75) is 39.3 Å². The van der Waals surface area contributed by atoms with Crippen LogP contribution in [0, 0.1) is 19.8 Å². The molecule has 33 heavy (non-hydrogen) atoms. The Balaban J connectivity index is 1.32. The van der Waals surface area contributed by atoms with Gasteiger partial charge < -0.3 is 10.2 Å². The largest absolute Gasteiger partial charge is 0.416 e. The number of fused-ring (bicyclic) bond motifs is 1. The van der Waals surface area contributed by atoms with Crippen LogP contribution in [0.2, 0.25) is 0 Å². The van der Waals surface area contributed by atoms with E-state index >= 15 is 0 Å². The van der Waals surface area contributed by atoms with Gasteiger partial charge in [0.1, 0.15) is 0 Å². The van der Waals surface area contributed by atoms with Gasteiger partial charge in [0.15, 0.2) is 0 Å². The van der Waals surface area contributed by atoms with Gasteiger partial charge in [-0.05, 0) is 56.4 Å². The monoisotopic (exact) mass is 456 g/mol. The molecule has 174 valence electrons. The molecule has 1 amide bonds. The first-order chi connectivity index (χ1) is 15.7. The van der Waals surface area contributed by atoms with Gasteiger partial charge in [0, 0.05) is 30.9 Å². The molecule has 5 nitrogen and oxygen atoms in total. The average molecular weight is 457 g/mol. The number of hydrogen-bond acceptors (Lipinski definition) is 4. The van der Waals surface area contributed by atoms with Crippen LogP contribution in [0.3, 0.4) is 0 Å². The lowest BCUT2D eigenvalue weighted by Gasteiger charge is -2.31. The van der Waals surface area contributed by atoms with Crippen LogP contribution in [-0.4, -0.2) is 35.5 Å². The van der Waals surface area contributed by atoms with E-state index in [1.807, 2.05) is 32.0 Å². The minimum Gasteiger partial charge on any atom is -0.356 e. The third-order valence-corrected chi connectivity index (χ3v) is 6.20. The lowest BCUT2D eigenvalue weighted by Crippen LogP contribution is -2.41. The predicted octanol–water partition coefficient (Wildman–Crippen LogP) is 4.84. The average Bonchev–Trinajstić information content (AvgIpc) is 2.78. The fourth-order valence-electron chi connectivity index (χ4n) is 4.35. The second-order valence-electron chi connectivity index (χ2n) is 8.59. The van der Waals surface area contributed by atoms with Gasteiger partial charge in [-0.3, -0.25) is 4.79 Å². The third kappa shape index (κ3) is 5.26. The number of anilines is 1. The molecule has 1 aliphatic rings. The summed E-state index contributed by atoms with van der Waals surface area (Å²) in [5.74, 6) is 0.404. The van der Waals surface area contributed by atoms with Crippen molar-refractivity contribution in [2.75, 3.05) is 24.5 Å².